The summed E-state index contributed by atoms with van der Waals surface area (Å²) < 4.78 is 0. The average Bonchev–Trinajstić information content (AvgIpc) is 2.46. The maximum absolute atomic E-state index is 5.98. The number of benzene rings is 1. The van der Waals surface area contributed by atoms with Crippen LogP contribution >= 0.6 is 0 Å². The van der Waals surface area contributed by atoms with Gasteiger partial charge in [0.2, 0.25) is 0 Å². The molecule has 1 heterocycles. The fourth-order valence-electron chi connectivity index (χ4n) is 2.09. The lowest BCUT2D eigenvalue weighted by Crippen LogP contribution is -2.38. The van der Waals surface area contributed by atoms with Crippen LogP contribution in [0.3, 0.4) is 0 Å². The molecule has 3 unspecified atom stereocenters. The first-order valence-corrected chi connectivity index (χ1v) is 5.01. The summed E-state index contributed by atoms with van der Waals surface area (Å²) in [7, 11) is 0. The summed E-state index contributed by atoms with van der Waals surface area (Å²) in [5, 5.41) is 0. The minimum atomic E-state index is 0.00630. The van der Waals surface area contributed by atoms with Gasteiger partial charge in [0.05, 0.1) is 6.17 Å². The predicted octanol–water partition coefficient (Wildman–Crippen LogP) is 0.860. The van der Waals surface area contributed by atoms with E-state index in [2.05, 4.69) is 49.0 Å². The van der Waals surface area contributed by atoms with Crippen molar-refractivity contribution in [3.63, 3.8) is 0 Å². The van der Waals surface area contributed by atoms with Gasteiger partial charge in [0, 0.05) is 12.0 Å². The van der Waals surface area contributed by atoms with E-state index >= 15 is 0 Å². The smallest absolute Gasteiger partial charge is 0.0764 e. The standard InChI is InChI=1S/C11H17N3/c1-7-4-3-5-9(6-7)10-8(2)13-14-11(10)12/h3-6,8,10-11,13-14H,12H2,1-2H3. The third-order valence-corrected chi connectivity index (χ3v) is 2.83. The quantitative estimate of drug-likeness (QED) is 0.617. The van der Waals surface area contributed by atoms with Gasteiger partial charge in [-0.05, 0) is 19.4 Å². The summed E-state index contributed by atoms with van der Waals surface area (Å²) in [4.78, 5) is 0. The molecule has 1 aliphatic heterocycles. The Bertz CT molecular complexity index is 314. The molecule has 3 nitrogen and oxygen atoms in total. The van der Waals surface area contributed by atoms with E-state index in [9.17, 15) is 0 Å². The lowest BCUT2D eigenvalue weighted by Gasteiger charge is -2.18. The summed E-state index contributed by atoms with van der Waals surface area (Å²) >= 11 is 0. The van der Waals surface area contributed by atoms with Crippen LogP contribution in [0.25, 0.3) is 0 Å². The summed E-state index contributed by atoms with van der Waals surface area (Å²) in [5.41, 5.74) is 14.8. The summed E-state index contributed by atoms with van der Waals surface area (Å²) in [5.74, 6) is 0.356. The van der Waals surface area contributed by atoms with Crippen LogP contribution < -0.4 is 16.6 Å². The van der Waals surface area contributed by atoms with Gasteiger partial charge in [0.1, 0.15) is 0 Å². The number of rotatable bonds is 1. The molecule has 0 radical (unpaired) electrons. The molecule has 0 aliphatic carbocycles. The topological polar surface area (TPSA) is 50.1 Å². The van der Waals surface area contributed by atoms with Crippen molar-refractivity contribution in [2.45, 2.75) is 32.0 Å². The molecule has 2 rings (SSSR count). The molecule has 14 heavy (non-hydrogen) atoms. The number of aryl methyl sites for hydroxylation is 1. The summed E-state index contributed by atoms with van der Waals surface area (Å²) in [6.45, 7) is 4.25. The van der Waals surface area contributed by atoms with Gasteiger partial charge in [0.25, 0.3) is 0 Å². The Morgan fingerprint density at radius 2 is 2.07 bits per heavy atom. The number of hydrazine groups is 1. The maximum atomic E-state index is 5.98. The second-order valence-corrected chi connectivity index (χ2v) is 4.04. The normalized spacial score (nSPS) is 32.1. The van der Waals surface area contributed by atoms with E-state index in [1.807, 2.05) is 0 Å². The molecule has 1 fully saturated rings. The van der Waals surface area contributed by atoms with Gasteiger partial charge in [0.15, 0.2) is 0 Å². The molecule has 1 aromatic rings. The van der Waals surface area contributed by atoms with Gasteiger partial charge in [-0.3, -0.25) is 5.43 Å². The molecular weight excluding hydrogens is 174 g/mol. The lowest BCUT2D eigenvalue weighted by atomic mass is 9.91. The Hall–Kier alpha value is -0.900. The Morgan fingerprint density at radius 3 is 2.64 bits per heavy atom. The first kappa shape index (κ1) is 9.65. The Kier molecular flexibility index (Phi) is 2.54. The minimum Gasteiger partial charge on any atom is -0.314 e. The van der Waals surface area contributed by atoms with Crippen molar-refractivity contribution in [3.8, 4) is 0 Å². The number of hydrogen-bond donors (Lipinski definition) is 3. The van der Waals surface area contributed by atoms with Crippen LogP contribution in [0.15, 0.2) is 24.3 Å². The van der Waals surface area contributed by atoms with Gasteiger partial charge in [-0.25, -0.2) is 5.43 Å². The second-order valence-electron chi connectivity index (χ2n) is 4.04. The number of nitrogens with two attached hydrogens (primary N) is 1. The molecule has 0 saturated carbocycles. The maximum Gasteiger partial charge on any atom is 0.0764 e. The molecule has 76 valence electrons. The second kappa shape index (κ2) is 3.69. The summed E-state index contributed by atoms with van der Waals surface area (Å²) in [6.07, 6.45) is 0.00630. The molecule has 0 amide bonds. The van der Waals surface area contributed by atoms with E-state index in [1.54, 1.807) is 0 Å². The van der Waals surface area contributed by atoms with Crippen LogP contribution in [0.5, 0.6) is 0 Å². The monoisotopic (exact) mass is 191 g/mol. The highest BCUT2D eigenvalue weighted by atomic mass is 15.4. The van der Waals surface area contributed by atoms with Crippen LogP contribution in [-0.2, 0) is 0 Å². The third-order valence-electron chi connectivity index (χ3n) is 2.83. The van der Waals surface area contributed by atoms with Crippen LogP contribution in [-0.4, -0.2) is 12.2 Å². The highest BCUT2D eigenvalue weighted by Gasteiger charge is 2.31. The molecule has 0 aromatic heterocycles. The molecule has 3 heteroatoms. The van der Waals surface area contributed by atoms with Crippen molar-refractivity contribution >= 4 is 0 Å². The van der Waals surface area contributed by atoms with Crippen LogP contribution in [0.4, 0.5) is 0 Å². The summed E-state index contributed by atoms with van der Waals surface area (Å²) in [6, 6.07) is 8.92. The number of hydrogen-bond acceptors (Lipinski definition) is 3. The molecular formula is C11H17N3. The Balaban J connectivity index is 2.29. The SMILES string of the molecule is Cc1cccc(C2C(C)NNC2N)c1. The zero-order valence-corrected chi connectivity index (χ0v) is 8.62. The predicted molar refractivity (Wildman–Crippen MR) is 57.6 cm³/mol. The molecule has 1 aliphatic rings. The minimum absolute atomic E-state index is 0.00630. The average molecular weight is 191 g/mol. The van der Waals surface area contributed by atoms with Crippen molar-refractivity contribution in [1.82, 2.24) is 10.9 Å². The van der Waals surface area contributed by atoms with Crippen molar-refractivity contribution in [2.75, 3.05) is 0 Å². The molecule has 1 aromatic carbocycles. The Morgan fingerprint density at radius 1 is 1.29 bits per heavy atom. The van der Waals surface area contributed by atoms with Gasteiger partial charge >= 0.3 is 0 Å². The molecule has 0 bridgehead atoms. The van der Waals surface area contributed by atoms with Crippen molar-refractivity contribution in [1.29, 1.82) is 0 Å². The van der Waals surface area contributed by atoms with Gasteiger partial charge < -0.3 is 5.73 Å². The zero-order valence-electron chi connectivity index (χ0n) is 8.62. The largest absolute Gasteiger partial charge is 0.314 e. The van der Waals surface area contributed by atoms with E-state index in [0.29, 0.717) is 12.0 Å². The van der Waals surface area contributed by atoms with Crippen molar-refractivity contribution < 1.29 is 0 Å². The van der Waals surface area contributed by atoms with Crippen LogP contribution in [0, 0.1) is 6.92 Å². The zero-order chi connectivity index (χ0) is 10.1. The molecule has 3 atom stereocenters. The fraction of sp³-hybridized carbons (Fsp3) is 0.455. The van der Waals surface area contributed by atoms with E-state index in [1.165, 1.54) is 11.1 Å². The van der Waals surface area contributed by atoms with Crippen molar-refractivity contribution in [3.05, 3.63) is 35.4 Å². The van der Waals surface area contributed by atoms with Crippen molar-refractivity contribution in [2.24, 2.45) is 5.73 Å². The molecule has 0 spiro atoms. The molecule has 1 saturated heterocycles. The number of nitrogens with one attached hydrogen (secondary N) is 2. The van der Waals surface area contributed by atoms with Crippen LogP contribution in [0.2, 0.25) is 0 Å². The van der Waals surface area contributed by atoms with E-state index in [0.717, 1.165) is 0 Å². The highest BCUT2D eigenvalue weighted by molar-refractivity contribution is 5.28. The van der Waals surface area contributed by atoms with Gasteiger partial charge in [-0.1, -0.05) is 29.8 Å². The lowest BCUT2D eigenvalue weighted by molar-refractivity contribution is 0.546. The van der Waals surface area contributed by atoms with Gasteiger partial charge in [-0.2, -0.15) is 0 Å². The first-order chi connectivity index (χ1) is 6.68. The fourth-order valence-corrected chi connectivity index (χ4v) is 2.09. The van der Waals surface area contributed by atoms with Crippen LogP contribution in [0.1, 0.15) is 24.0 Å². The van der Waals surface area contributed by atoms with E-state index < -0.39 is 0 Å². The third kappa shape index (κ3) is 1.66. The Labute approximate surface area is 84.7 Å². The first-order valence-electron chi connectivity index (χ1n) is 5.01. The van der Waals surface area contributed by atoms with E-state index in [-0.39, 0.29) is 6.17 Å². The molecule has 4 N–H and O–H groups in total. The van der Waals surface area contributed by atoms with E-state index in [4.69, 9.17) is 5.73 Å². The highest BCUT2D eigenvalue weighted by Crippen LogP contribution is 2.25. The van der Waals surface area contributed by atoms with Gasteiger partial charge in [-0.15, -0.1) is 0 Å².